The number of ketones is 1. The minimum Gasteiger partial charge on any atom is -0.394 e. The summed E-state index contributed by atoms with van der Waals surface area (Å²) in [4.78, 5) is 41.7. The second-order valence-electron chi connectivity index (χ2n) is 23.4. The molecule has 1 saturated heterocycles. The number of sulfone groups is 1. The summed E-state index contributed by atoms with van der Waals surface area (Å²) in [7, 11) is 8.38. The first kappa shape index (κ1) is 66.5. The van der Waals surface area contributed by atoms with Crippen molar-refractivity contribution in [3.05, 3.63) is 166 Å². The molecule has 1 fully saturated rings. The maximum Gasteiger partial charge on any atom is 0.161 e. The van der Waals surface area contributed by atoms with Crippen molar-refractivity contribution in [2.75, 3.05) is 73.3 Å². The monoisotopic (exact) mass is 1310 g/mol. The molecule has 0 aliphatic carbocycles. The van der Waals surface area contributed by atoms with Crippen molar-refractivity contribution >= 4 is 33.1 Å². The molecule has 5 N–H and O–H groups in total. The number of aryl methyl sites for hydroxylation is 6. The molecule has 0 saturated carbocycles. The van der Waals surface area contributed by atoms with Gasteiger partial charge in [-0.05, 0) is 48.2 Å². The summed E-state index contributed by atoms with van der Waals surface area (Å²) >= 11 is 0. The number of hydrogen-bond acceptors (Lipinski definition) is 21. The zero-order chi connectivity index (χ0) is 67.3. The first-order valence-electron chi connectivity index (χ1n) is 31.2. The topological polar surface area (TPSA) is 315 Å². The van der Waals surface area contributed by atoms with Crippen molar-refractivity contribution < 1.29 is 23.4 Å². The minimum atomic E-state index is -2.89. The zero-order valence-electron chi connectivity index (χ0n) is 54.5. The molecule has 10 heterocycles. The highest BCUT2D eigenvalue weighted by Gasteiger charge is 2.22. The number of aromatic nitrogens is 18. The van der Waals surface area contributed by atoms with E-state index in [1.54, 1.807) is 59.8 Å². The van der Waals surface area contributed by atoms with Crippen molar-refractivity contribution in [3.8, 4) is 101 Å². The Balaban J connectivity index is 0.000000147. The van der Waals surface area contributed by atoms with Gasteiger partial charge in [-0.1, -0.05) is 54.6 Å². The van der Waals surface area contributed by atoms with Gasteiger partial charge in [-0.25, -0.2) is 38.3 Å². The van der Waals surface area contributed by atoms with Crippen LogP contribution in [0.1, 0.15) is 19.8 Å². The average molecular weight is 1310 g/mol. The van der Waals surface area contributed by atoms with Crippen molar-refractivity contribution in [1.82, 2.24) is 93.5 Å². The molecule has 9 aromatic heterocycles. The molecule has 1 aliphatic rings. The molecule has 0 amide bonds. The molecule has 27 nitrogen and oxygen atoms in total. The van der Waals surface area contributed by atoms with E-state index in [2.05, 4.69) is 78.5 Å². The number of aliphatic hydroxyl groups excluding tert-OH is 2. The second kappa shape index (κ2) is 30.4. The minimum absolute atomic E-state index is 0.163. The van der Waals surface area contributed by atoms with Gasteiger partial charge in [0.25, 0.3) is 0 Å². The van der Waals surface area contributed by atoms with Gasteiger partial charge in [-0.2, -0.15) is 30.6 Å². The zero-order valence-corrected chi connectivity index (χ0v) is 55.3. The van der Waals surface area contributed by atoms with Gasteiger partial charge in [0.05, 0.1) is 61.4 Å². The average Bonchev–Trinajstić information content (AvgIpc) is 1.45. The molecule has 13 rings (SSSR count). The fourth-order valence-electron chi connectivity index (χ4n) is 10.6. The smallest absolute Gasteiger partial charge is 0.161 e. The summed E-state index contributed by atoms with van der Waals surface area (Å²) in [6.45, 7) is 4.59. The molecule has 494 valence electrons. The molecule has 0 bridgehead atoms. The summed E-state index contributed by atoms with van der Waals surface area (Å²) in [6, 6.07) is 24.1. The summed E-state index contributed by atoms with van der Waals surface area (Å²) in [5.74, 6) is 4.44. The lowest BCUT2D eigenvalue weighted by Gasteiger charge is -2.26. The summed E-state index contributed by atoms with van der Waals surface area (Å²) < 4.78 is 33.9. The maximum atomic E-state index is 11.7. The number of rotatable bonds is 22. The Bertz CT molecular complexity index is 4720. The first-order chi connectivity index (χ1) is 46.4. The van der Waals surface area contributed by atoms with Crippen LogP contribution in [-0.4, -0.2) is 181 Å². The Morgan fingerprint density at radius 2 is 0.802 bits per heavy atom. The van der Waals surface area contributed by atoms with Crippen LogP contribution in [-0.2, 0) is 56.9 Å². The number of nitrogens with one attached hydrogen (secondary N) is 3. The third-order valence-electron chi connectivity index (χ3n) is 15.8. The van der Waals surface area contributed by atoms with Crippen molar-refractivity contribution in [2.45, 2.75) is 25.9 Å². The number of benzene rings is 3. The van der Waals surface area contributed by atoms with Crippen LogP contribution in [0.15, 0.2) is 166 Å². The lowest BCUT2D eigenvalue weighted by Crippen LogP contribution is -2.42. The van der Waals surface area contributed by atoms with E-state index < -0.39 is 15.9 Å². The number of hydrogen-bond donors (Lipinski definition) is 5. The Morgan fingerprint density at radius 1 is 0.469 bits per heavy atom. The van der Waals surface area contributed by atoms with E-state index in [9.17, 15) is 18.3 Å². The summed E-state index contributed by atoms with van der Waals surface area (Å²) in [5.41, 5.74) is 14.1. The van der Waals surface area contributed by atoms with Crippen LogP contribution in [0.25, 0.3) is 101 Å². The normalized spacial score (nSPS) is 13.1. The molecule has 28 heteroatoms. The number of carbonyl (C=O) groups is 1. The molecule has 1 aliphatic heterocycles. The molecule has 96 heavy (non-hydrogen) atoms. The van der Waals surface area contributed by atoms with Crippen LogP contribution < -0.4 is 16.0 Å². The van der Waals surface area contributed by atoms with E-state index >= 15 is 0 Å². The molecular weight excluding hydrogens is 1240 g/mol. The van der Waals surface area contributed by atoms with Crippen LogP contribution in [0.5, 0.6) is 0 Å². The third kappa shape index (κ3) is 17.3. The Morgan fingerprint density at radius 3 is 1.14 bits per heavy atom. The maximum absolute atomic E-state index is 11.7. The highest BCUT2D eigenvalue weighted by Crippen LogP contribution is 2.34. The SMILES string of the molecule is CC(=O)CCCNc1nc(-c2cccc(-c3cnn(C)c3)c2)ncc1-c1cnn(C)c1.Cn1cc(-c2cccc(-c3ncc(-c4cnn(C)c4)c(NCCN4CCS(=O)(=O)CC4)n3)c2)cn1.Cn1cc(-c2cccc(-c3ncc(-c4cnn(C)c4)c(NC[C@@H](O)CO)n3)c2)cn1. The van der Waals surface area contributed by atoms with E-state index in [-0.39, 0.29) is 30.4 Å². The molecule has 0 unspecified atom stereocenters. The van der Waals surface area contributed by atoms with Gasteiger partial charge in [0.1, 0.15) is 23.2 Å². The molecule has 0 spiro atoms. The standard InChI is InChI=1S/C24H28N8O2S.C23H25N7O.C21H23N7O2/c1-30-16-20(13-27-30)18-4-3-5-19(12-18)23-26-15-22(21-14-28-31(2)17-21)24(29-23)25-6-7-32-8-10-35(33,34)11-9-32;1-16(31)6-5-9-24-23-21(20-12-27-30(3)15-20)13-25-22(28-23)18-8-4-7-17(10-18)19-11-26-29(2)14-19;1-27-11-16(7-24-27)14-4-3-5-15(6-14)20-23-10-19(17-8-25-28(2)12-17)21(26-20)22-9-18(30)13-29/h3-5,12-17H,6-11H2,1-2H3,(H,25,26,29);4,7-8,10-15H,5-6,9H2,1-3H3,(H,24,25,28);3-8,10-12,18,29-30H,9,13H2,1-2H3,(H,22,23,26)/t;;18-/m..1/s1. The van der Waals surface area contributed by atoms with Crippen LogP contribution in [0.3, 0.4) is 0 Å². The van der Waals surface area contributed by atoms with Crippen molar-refractivity contribution in [2.24, 2.45) is 42.3 Å². The van der Waals surface area contributed by atoms with Gasteiger partial charge in [0, 0.05) is 211 Å². The molecule has 1 atom stereocenters. The van der Waals surface area contributed by atoms with Gasteiger partial charge in [-0.3, -0.25) is 33.0 Å². The van der Waals surface area contributed by atoms with Crippen LogP contribution in [0.2, 0.25) is 0 Å². The number of Topliss-reactive ketones (excluding diaryl/α,β-unsaturated/α-hetero) is 1. The molecular formula is C68H76N22O5S. The van der Waals surface area contributed by atoms with E-state index in [1.165, 1.54) is 0 Å². The number of carbonyl (C=O) groups excluding carboxylic acids is 1. The van der Waals surface area contributed by atoms with E-state index in [4.69, 9.17) is 20.1 Å². The molecule has 12 aromatic rings. The van der Waals surface area contributed by atoms with E-state index in [0.29, 0.717) is 55.9 Å². The van der Waals surface area contributed by atoms with Crippen LogP contribution in [0.4, 0.5) is 17.5 Å². The van der Waals surface area contributed by atoms with Gasteiger partial charge in [0.2, 0.25) is 0 Å². The van der Waals surface area contributed by atoms with Gasteiger partial charge in [-0.15, -0.1) is 0 Å². The predicted octanol–water partition coefficient (Wildman–Crippen LogP) is 7.52. The predicted molar refractivity (Wildman–Crippen MR) is 369 cm³/mol. The Hall–Kier alpha value is -10.9. The van der Waals surface area contributed by atoms with Crippen LogP contribution in [0, 0.1) is 0 Å². The lowest BCUT2D eigenvalue weighted by molar-refractivity contribution is -0.117. The van der Waals surface area contributed by atoms with Gasteiger partial charge < -0.3 is 31.0 Å². The molecule has 0 radical (unpaired) electrons. The highest BCUT2D eigenvalue weighted by atomic mass is 32.2. The third-order valence-corrected chi connectivity index (χ3v) is 17.4. The number of nitrogens with zero attached hydrogens (tertiary/aromatic N) is 19. The van der Waals surface area contributed by atoms with Crippen molar-refractivity contribution in [3.63, 3.8) is 0 Å². The fourth-order valence-corrected chi connectivity index (χ4v) is 11.9. The quantitative estimate of drug-likeness (QED) is 0.0410. The van der Waals surface area contributed by atoms with Crippen molar-refractivity contribution in [1.29, 1.82) is 0 Å². The molecule has 3 aromatic carbocycles. The number of anilines is 3. The Kier molecular flexibility index (Phi) is 21.1. The van der Waals surface area contributed by atoms with Gasteiger partial charge >= 0.3 is 0 Å². The first-order valence-corrected chi connectivity index (χ1v) is 33.0. The second-order valence-corrected chi connectivity index (χ2v) is 25.7. The summed E-state index contributed by atoms with van der Waals surface area (Å²) in [5, 5.41) is 54.4. The number of aliphatic hydroxyl groups is 2. The van der Waals surface area contributed by atoms with E-state index in [0.717, 1.165) is 108 Å². The Labute approximate surface area is 555 Å². The fraction of sp³-hybridized carbons (Fsp3) is 0.279. The van der Waals surface area contributed by atoms with E-state index in [1.807, 2.05) is 171 Å². The summed E-state index contributed by atoms with van der Waals surface area (Å²) in [6.07, 6.45) is 28.2. The lowest BCUT2D eigenvalue weighted by atomic mass is 10.1. The highest BCUT2D eigenvalue weighted by molar-refractivity contribution is 7.91. The largest absolute Gasteiger partial charge is 0.394 e. The van der Waals surface area contributed by atoms with Crippen LogP contribution >= 0.6 is 0 Å². The van der Waals surface area contributed by atoms with Gasteiger partial charge in [0.15, 0.2) is 27.3 Å².